The Balaban J connectivity index is 1.39. The van der Waals surface area contributed by atoms with E-state index in [0.717, 1.165) is 28.2 Å². The molecule has 0 unspecified atom stereocenters. The summed E-state index contributed by atoms with van der Waals surface area (Å²) in [5.74, 6) is 2.04. The minimum Gasteiger partial charge on any atom is -0.340 e. The van der Waals surface area contributed by atoms with Crippen LogP contribution in [0.4, 0.5) is 39.2 Å². The molecule has 0 atom stereocenters. The first-order chi connectivity index (χ1) is 16.4. The van der Waals surface area contributed by atoms with E-state index in [0.29, 0.717) is 23.1 Å². The zero-order valence-corrected chi connectivity index (χ0v) is 19.7. The first-order valence-electron chi connectivity index (χ1n) is 11.1. The summed E-state index contributed by atoms with van der Waals surface area (Å²) in [4.78, 5) is 21.3. The van der Waals surface area contributed by atoms with Crippen molar-refractivity contribution >= 4 is 40.4 Å². The van der Waals surface area contributed by atoms with Crippen LogP contribution in [0.2, 0.25) is 0 Å². The molecule has 7 nitrogen and oxygen atoms in total. The van der Waals surface area contributed by atoms with Gasteiger partial charge in [0.05, 0.1) is 0 Å². The SMILES string of the molecule is Cc1ccc(Nc2cc(Nc3ccc(NC(=O)Nc4cccc(C)c4C)cc3)nc(C)n2)cc1. The highest BCUT2D eigenvalue weighted by Gasteiger charge is 2.07. The number of nitrogens with zero attached hydrogens (tertiary/aromatic N) is 2. The zero-order valence-electron chi connectivity index (χ0n) is 19.7. The molecule has 0 aliphatic heterocycles. The molecule has 2 amide bonds. The number of urea groups is 1. The smallest absolute Gasteiger partial charge is 0.323 e. The van der Waals surface area contributed by atoms with E-state index in [1.807, 2.05) is 93.6 Å². The lowest BCUT2D eigenvalue weighted by Gasteiger charge is -2.13. The molecule has 0 saturated carbocycles. The molecule has 7 heteroatoms. The molecule has 4 N–H and O–H groups in total. The molecule has 4 rings (SSSR count). The second-order valence-corrected chi connectivity index (χ2v) is 8.21. The van der Waals surface area contributed by atoms with E-state index in [9.17, 15) is 4.79 Å². The molecule has 0 aliphatic carbocycles. The van der Waals surface area contributed by atoms with Gasteiger partial charge in [0, 0.05) is 28.8 Å². The highest BCUT2D eigenvalue weighted by atomic mass is 16.2. The van der Waals surface area contributed by atoms with Crippen molar-refractivity contribution in [1.29, 1.82) is 0 Å². The number of carbonyl (C=O) groups excluding carboxylic acids is 1. The van der Waals surface area contributed by atoms with E-state index in [4.69, 9.17) is 0 Å². The number of amides is 2. The van der Waals surface area contributed by atoms with Crippen molar-refractivity contribution in [2.24, 2.45) is 0 Å². The summed E-state index contributed by atoms with van der Waals surface area (Å²) in [7, 11) is 0. The molecule has 3 aromatic carbocycles. The number of nitrogens with one attached hydrogen (secondary N) is 4. The van der Waals surface area contributed by atoms with Crippen LogP contribution in [-0.4, -0.2) is 16.0 Å². The Morgan fingerprint density at radius 3 is 1.85 bits per heavy atom. The monoisotopic (exact) mass is 452 g/mol. The van der Waals surface area contributed by atoms with Gasteiger partial charge >= 0.3 is 6.03 Å². The van der Waals surface area contributed by atoms with Crippen LogP contribution in [0.15, 0.2) is 72.8 Å². The fourth-order valence-electron chi connectivity index (χ4n) is 3.44. The predicted molar refractivity (Wildman–Crippen MR) is 140 cm³/mol. The Bertz CT molecular complexity index is 1300. The van der Waals surface area contributed by atoms with Crippen molar-refractivity contribution in [2.75, 3.05) is 21.3 Å². The van der Waals surface area contributed by atoms with E-state index in [1.165, 1.54) is 5.56 Å². The molecule has 34 heavy (non-hydrogen) atoms. The minimum atomic E-state index is -0.285. The number of hydrogen-bond donors (Lipinski definition) is 4. The molecule has 0 aliphatic rings. The summed E-state index contributed by atoms with van der Waals surface area (Å²) in [6, 6.07) is 23.0. The van der Waals surface area contributed by atoms with Crippen molar-refractivity contribution in [1.82, 2.24) is 9.97 Å². The molecule has 0 radical (unpaired) electrons. The van der Waals surface area contributed by atoms with Crippen LogP contribution in [0.25, 0.3) is 0 Å². The molecule has 172 valence electrons. The maximum Gasteiger partial charge on any atom is 0.323 e. The van der Waals surface area contributed by atoms with Crippen LogP contribution in [-0.2, 0) is 0 Å². The van der Waals surface area contributed by atoms with Crippen molar-refractivity contribution in [3.63, 3.8) is 0 Å². The summed E-state index contributed by atoms with van der Waals surface area (Å²) in [5.41, 5.74) is 6.68. The Morgan fingerprint density at radius 1 is 0.676 bits per heavy atom. The molecule has 0 fully saturated rings. The molecule has 1 aromatic heterocycles. The fourth-order valence-corrected chi connectivity index (χ4v) is 3.44. The third kappa shape index (κ3) is 5.89. The first-order valence-corrected chi connectivity index (χ1v) is 11.1. The lowest BCUT2D eigenvalue weighted by atomic mass is 10.1. The second-order valence-electron chi connectivity index (χ2n) is 8.21. The van der Waals surface area contributed by atoms with Gasteiger partial charge in [-0.3, -0.25) is 0 Å². The summed E-state index contributed by atoms with van der Waals surface area (Å²) in [5, 5.41) is 12.4. The maximum atomic E-state index is 12.4. The molecule has 1 heterocycles. The highest BCUT2D eigenvalue weighted by molar-refractivity contribution is 6.00. The lowest BCUT2D eigenvalue weighted by Crippen LogP contribution is -2.20. The Kier molecular flexibility index (Phi) is 6.73. The van der Waals surface area contributed by atoms with E-state index >= 15 is 0 Å². The van der Waals surface area contributed by atoms with Crippen LogP contribution < -0.4 is 21.3 Å². The molecular formula is C27H28N6O. The van der Waals surface area contributed by atoms with Crippen LogP contribution in [0.5, 0.6) is 0 Å². The average Bonchev–Trinajstić information content (AvgIpc) is 2.79. The number of benzene rings is 3. The van der Waals surface area contributed by atoms with Crippen molar-refractivity contribution < 1.29 is 4.79 Å². The number of aryl methyl sites for hydroxylation is 3. The van der Waals surface area contributed by atoms with E-state index in [1.54, 1.807) is 0 Å². The fraction of sp³-hybridized carbons (Fsp3) is 0.148. The molecular weight excluding hydrogens is 424 g/mol. The summed E-state index contributed by atoms with van der Waals surface area (Å²) in [6.07, 6.45) is 0. The standard InChI is InChI=1S/C27H28N6O/c1-17-8-10-21(11-9-17)30-25-16-26(29-20(4)28-25)31-22-12-14-23(15-13-22)32-27(34)33-24-7-5-6-18(2)19(24)3/h5-16H,1-4H3,(H2,32,33,34)(H2,28,29,30,31). The minimum absolute atomic E-state index is 0.285. The van der Waals surface area contributed by atoms with E-state index in [2.05, 4.69) is 38.2 Å². The van der Waals surface area contributed by atoms with Gasteiger partial charge in [-0.25, -0.2) is 14.8 Å². The number of carbonyl (C=O) groups is 1. The van der Waals surface area contributed by atoms with Gasteiger partial charge in [0.1, 0.15) is 17.5 Å². The number of aromatic nitrogens is 2. The van der Waals surface area contributed by atoms with Crippen molar-refractivity contribution in [2.45, 2.75) is 27.7 Å². The van der Waals surface area contributed by atoms with Gasteiger partial charge in [-0.1, -0.05) is 29.8 Å². The van der Waals surface area contributed by atoms with Gasteiger partial charge in [0.2, 0.25) is 0 Å². The molecule has 4 aromatic rings. The lowest BCUT2D eigenvalue weighted by molar-refractivity contribution is 0.262. The summed E-state index contributed by atoms with van der Waals surface area (Å²) < 4.78 is 0. The second kappa shape index (κ2) is 10.0. The molecule has 0 saturated heterocycles. The predicted octanol–water partition coefficient (Wildman–Crippen LogP) is 6.84. The molecule has 0 spiro atoms. The van der Waals surface area contributed by atoms with Crippen molar-refractivity contribution in [3.05, 3.63) is 95.3 Å². The zero-order chi connectivity index (χ0) is 24.1. The van der Waals surface area contributed by atoms with Crippen LogP contribution in [0.3, 0.4) is 0 Å². The van der Waals surface area contributed by atoms with Gasteiger partial charge in [-0.05, 0) is 81.3 Å². The van der Waals surface area contributed by atoms with Crippen LogP contribution in [0, 0.1) is 27.7 Å². The van der Waals surface area contributed by atoms with Gasteiger partial charge < -0.3 is 21.3 Å². The summed E-state index contributed by atoms with van der Waals surface area (Å²) in [6.45, 7) is 7.92. The Hall–Kier alpha value is -4.39. The van der Waals surface area contributed by atoms with Gasteiger partial charge in [0.25, 0.3) is 0 Å². The summed E-state index contributed by atoms with van der Waals surface area (Å²) >= 11 is 0. The Morgan fingerprint density at radius 2 is 1.24 bits per heavy atom. The Labute approximate surface area is 199 Å². The number of anilines is 6. The maximum absolute atomic E-state index is 12.4. The third-order valence-corrected chi connectivity index (χ3v) is 5.43. The highest BCUT2D eigenvalue weighted by Crippen LogP contribution is 2.23. The quantitative estimate of drug-likeness (QED) is 0.257. The number of hydrogen-bond acceptors (Lipinski definition) is 5. The van der Waals surface area contributed by atoms with Gasteiger partial charge in [-0.2, -0.15) is 0 Å². The largest absolute Gasteiger partial charge is 0.340 e. The van der Waals surface area contributed by atoms with E-state index < -0.39 is 0 Å². The van der Waals surface area contributed by atoms with Crippen LogP contribution in [0.1, 0.15) is 22.5 Å². The normalized spacial score (nSPS) is 10.5. The van der Waals surface area contributed by atoms with Crippen LogP contribution >= 0.6 is 0 Å². The number of rotatable bonds is 6. The third-order valence-electron chi connectivity index (χ3n) is 5.43. The van der Waals surface area contributed by atoms with Gasteiger partial charge in [-0.15, -0.1) is 0 Å². The first kappa shape index (κ1) is 22.8. The van der Waals surface area contributed by atoms with Crippen molar-refractivity contribution in [3.8, 4) is 0 Å². The average molecular weight is 453 g/mol. The molecule has 0 bridgehead atoms. The van der Waals surface area contributed by atoms with E-state index in [-0.39, 0.29) is 6.03 Å². The van der Waals surface area contributed by atoms with Gasteiger partial charge in [0.15, 0.2) is 0 Å². The topological polar surface area (TPSA) is 91.0 Å².